The van der Waals surface area contributed by atoms with Crippen molar-refractivity contribution in [3.8, 4) is 0 Å². The number of rotatable bonds is 7. The lowest BCUT2D eigenvalue weighted by molar-refractivity contribution is -0.142. The van der Waals surface area contributed by atoms with Crippen LogP contribution in [0.15, 0.2) is 0 Å². The van der Waals surface area contributed by atoms with Crippen molar-refractivity contribution in [3.63, 3.8) is 0 Å². The van der Waals surface area contributed by atoms with Gasteiger partial charge in [0.05, 0.1) is 19.3 Å². The number of carboxylic acid groups (broad SMARTS) is 1. The van der Waals surface area contributed by atoms with Crippen molar-refractivity contribution in [2.24, 2.45) is 11.8 Å². The van der Waals surface area contributed by atoms with Crippen LogP contribution in [0.1, 0.15) is 39.5 Å². The topological polar surface area (TPSA) is 78.9 Å². The average Bonchev–Trinajstić information content (AvgIpc) is 3.08. The number of hydrogen-bond donors (Lipinski definition) is 2. The minimum Gasteiger partial charge on any atom is -0.481 e. The third-order valence-electron chi connectivity index (χ3n) is 4.25. The number of amides is 2. The van der Waals surface area contributed by atoms with E-state index in [-0.39, 0.29) is 24.7 Å². The van der Waals surface area contributed by atoms with E-state index in [1.165, 1.54) is 12.8 Å². The first kappa shape index (κ1) is 16.1. The molecule has 0 radical (unpaired) electrons. The van der Waals surface area contributed by atoms with E-state index in [4.69, 9.17) is 4.74 Å². The highest BCUT2D eigenvalue weighted by Crippen LogP contribution is 2.33. The molecule has 2 rings (SSSR count). The van der Waals surface area contributed by atoms with Crippen molar-refractivity contribution < 1.29 is 19.4 Å². The van der Waals surface area contributed by atoms with Gasteiger partial charge in [-0.3, -0.25) is 4.79 Å². The number of urea groups is 1. The van der Waals surface area contributed by atoms with E-state index < -0.39 is 11.9 Å². The van der Waals surface area contributed by atoms with Crippen LogP contribution in [0.2, 0.25) is 0 Å². The number of aliphatic carboxylic acids is 1. The van der Waals surface area contributed by atoms with Gasteiger partial charge in [-0.15, -0.1) is 0 Å². The lowest BCUT2D eigenvalue weighted by Gasteiger charge is -2.31. The standard InChI is InChI=1S/C15H26N2O4/c1-3-6-17(13-9-21-8-12(13)14(18)19)15(20)16-10(2)7-11-4-5-11/h10-13H,3-9H2,1-2H3,(H,16,20)(H,18,19). The van der Waals surface area contributed by atoms with Crippen LogP contribution in [0.25, 0.3) is 0 Å². The highest BCUT2D eigenvalue weighted by Gasteiger charge is 2.40. The third-order valence-corrected chi connectivity index (χ3v) is 4.25. The van der Waals surface area contributed by atoms with E-state index in [1.54, 1.807) is 4.90 Å². The SMILES string of the molecule is CCCN(C(=O)NC(C)CC1CC1)C1COCC1C(=O)O. The Hall–Kier alpha value is -1.30. The fraction of sp³-hybridized carbons (Fsp3) is 0.867. The van der Waals surface area contributed by atoms with Gasteiger partial charge in [0.25, 0.3) is 0 Å². The zero-order valence-electron chi connectivity index (χ0n) is 12.9. The van der Waals surface area contributed by atoms with Gasteiger partial charge in [-0.25, -0.2) is 4.79 Å². The summed E-state index contributed by atoms with van der Waals surface area (Å²) in [4.78, 5) is 25.4. The highest BCUT2D eigenvalue weighted by molar-refractivity contribution is 5.77. The van der Waals surface area contributed by atoms with Crippen molar-refractivity contribution in [1.29, 1.82) is 0 Å². The molecule has 2 amide bonds. The number of carboxylic acids is 1. The predicted octanol–water partition coefficient (Wildman–Crippen LogP) is 1.70. The number of carbonyl (C=O) groups is 2. The Morgan fingerprint density at radius 3 is 2.67 bits per heavy atom. The summed E-state index contributed by atoms with van der Waals surface area (Å²) in [6, 6.07) is -0.391. The maximum absolute atomic E-state index is 12.5. The Morgan fingerprint density at radius 1 is 1.38 bits per heavy atom. The normalized spacial score (nSPS) is 26.4. The number of carbonyl (C=O) groups excluding carboxylic acids is 1. The fourth-order valence-electron chi connectivity index (χ4n) is 2.95. The fourth-order valence-corrected chi connectivity index (χ4v) is 2.95. The summed E-state index contributed by atoms with van der Waals surface area (Å²) in [6.07, 6.45) is 4.33. The molecule has 1 saturated carbocycles. The summed E-state index contributed by atoms with van der Waals surface area (Å²) in [5.74, 6) is -0.764. The first-order valence-corrected chi connectivity index (χ1v) is 7.90. The van der Waals surface area contributed by atoms with E-state index in [0.717, 1.165) is 18.8 Å². The van der Waals surface area contributed by atoms with Crippen molar-refractivity contribution >= 4 is 12.0 Å². The summed E-state index contributed by atoms with van der Waals surface area (Å²) in [5.41, 5.74) is 0. The molecule has 1 aliphatic heterocycles. The molecular weight excluding hydrogens is 272 g/mol. The van der Waals surface area contributed by atoms with Crippen LogP contribution in [0.4, 0.5) is 4.79 Å². The van der Waals surface area contributed by atoms with Crippen LogP contribution in [-0.2, 0) is 9.53 Å². The molecule has 3 unspecified atom stereocenters. The zero-order chi connectivity index (χ0) is 15.4. The Morgan fingerprint density at radius 2 is 2.10 bits per heavy atom. The lowest BCUT2D eigenvalue weighted by Crippen LogP contribution is -2.52. The molecule has 3 atom stereocenters. The van der Waals surface area contributed by atoms with Crippen LogP contribution in [-0.4, -0.2) is 53.8 Å². The molecule has 1 saturated heterocycles. The van der Waals surface area contributed by atoms with E-state index in [0.29, 0.717) is 13.2 Å². The lowest BCUT2D eigenvalue weighted by atomic mass is 10.0. The summed E-state index contributed by atoms with van der Waals surface area (Å²) in [5, 5.41) is 12.3. The second-order valence-corrected chi connectivity index (χ2v) is 6.27. The molecule has 0 aromatic rings. The molecule has 0 aromatic heterocycles. The van der Waals surface area contributed by atoms with Gasteiger partial charge < -0.3 is 20.1 Å². The van der Waals surface area contributed by atoms with Gasteiger partial charge in [-0.05, 0) is 25.7 Å². The summed E-state index contributed by atoms with van der Waals surface area (Å²) in [7, 11) is 0. The molecule has 0 aromatic carbocycles. The zero-order valence-corrected chi connectivity index (χ0v) is 12.9. The first-order valence-electron chi connectivity index (χ1n) is 7.90. The molecule has 6 heteroatoms. The van der Waals surface area contributed by atoms with Crippen LogP contribution in [0, 0.1) is 11.8 Å². The van der Waals surface area contributed by atoms with Crippen LogP contribution in [0.5, 0.6) is 0 Å². The van der Waals surface area contributed by atoms with Crippen LogP contribution >= 0.6 is 0 Å². The molecule has 1 heterocycles. The second-order valence-electron chi connectivity index (χ2n) is 6.27. The molecule has 2 aliphatic rings. The third kappa shape index (κ3) is 4.33. The average molecular weight is 298 g/mol. The molecule has 120 valence electrons. The number of nitrogens with one attached hydrogen (secondary N) is 1. The summed E-state index contributed by atoms with van der Waals surface area (Å²) in [6.45, 7) is 5.05. The minimum absolute atomic E-state index is 0.134. The summed E-state index contributed by atoms with van der Waals surface area (Å²) >= 11 is 0. The van der Waals surface area contributed by atoms with Gasteiger partial charge in [-0.1, -0.05) is 19.8 Å². The van der Waals surface area contributed by atoms with Gasteiger partial charge in [0, 0.05) is 12.6 Å². The monoisotopic (exact) mass is 298 g/mol. The van der Waals surface area contributed by atoms with Crippen molar-refractivity contribution in [2.45, 2.75) is 51.6 Å². The maximum atomic E-state index is 12.5. The quantitative estimate of drug-likeness (QED) is 0.750. The van der Waals surface area contributed by atoms with Crippen molar-refractivity contribution in [1.82, 2.24) is 10.2 Å². The molecule has 2 fully saturated rings. The number of ether oxygens (including phenoxy) is 1. The first-order chi connectivity index (χ1) is 10.0. The molecular formula is C15H26N2O4. The van der Waals surface area contributed by atoms with Crippen molar-refractivity contribution in [2.75, 3.05) is 19.8 Å². The molecule has 21 heavy (non-hydrogen) atoms. The summed E-state index contributed by atoms with van der Waals surface area (Å²) < 4.78 is 5.29. The Bertz CT molecular complexity index is 384. The Balaban J connectivity index is 1.95. The molecule has 2 N–H and O–H groups in total. The van der Waals surface area contributed by atoms with Gasteiger partial charge in [0.15, 0.2) is 0 Å². The van der Waals surface area contributed by atoms with Gasteiger partial charge >= 0.3 is 12.0 Å². The molecule has 0 bridgehead atoms. The Labute approximate surface area is 125 Å². The molecule has 0 spiro atoms. The number of hydrogen-bond acceptors (Lipinski definition) is 3. The van der Waals surface area contributed by atoms with Gasteiger partial charge in [-0.2, -0.15) is 0 Å². The second kappa shape index (κ2) is 7.11. The van der Waals surface area contributed by atoms with Gasteiger partial charge in [0.1, 0.15) is 5.92 Å². The van der Waals surface area contributed by atoms with Crippen LogP contribution < -0.4 is 5.32 Å². The largest absolute Gasteiger partial charge is 0.481 e. The maximum Gasteiger partial charge on any atom is 0.317 e. The van der Waals surface area contributed by atoms with E-state index in [2.05, 4.69) is 5.32 Å². The Kier molecular flexibility index (Phi) is 5.45. The van der Waals surface area contributed by atoms with Crippen molar-refractivity contribution in [3.05, 3.63) is 0 Å². The molecule has 6 nitrogen and oxygen atoms in total. The van der Waals surface area contributed by atoms with Gasteiger partial charge in [0.2, 0.25) is 0 Å². The smallest absolute Gasteiger partial charge is 0.317 e. The van der Waals surface area contributed by atoms with Crippen LogP contribution in [0.3, 0.4) is 0 Å². The van der Waals surface area contributed by atoms with E-state index >= 15 is 0 Å². The molecule has 1 aliphatic carbocycles. The number of nitrogens with zero attached hydrogens (tertiary/aromatic N) is 1. The van der Waals surface area contributed by atoms with E-state index in [1.807, 2.05) is 13.8 Å². The minimum atomic E-state index is -0.891. The van der Waals surface area contributed by atoms with E-state index in [9.17, 15) is 14.7 Å². The highest BCUT2D eigenvalue weighted by atomic mass is 16.5. The predicted molar refractivity (Wildman–Crippen MR) is 78.1 cm³/mol.